The molecular formula is C56H66N6P2. The Morgan fingerprint density at radius 1 is 0.422 bits per heavy atom. The molecule has 0 aliphatic carbocycles. The molecule has 0 fully saturated rings. The smallest absolute Gasteiger partial charge is 0.134 e. The van der Waals surface area contributed by atoms with E-state index in [4.69, 9.17) is 20.0 Å². The Balaban J connectivity index is 1.61. The summed E-state index contributed by atoms with van der Waals surface area (Å²) >= 11 is 0. The van der Waals surface area contributed by atoms with Gasteiger partial charge in [-0.15, -0.1) is 0 Å². The van der Waals surface area contributed by atoms with Gasteiger partial charge in [0.05, 0.1) is 34.0 Å². The van der Waals surface area contributed by atoms with Crippen molar-refractivity contribution in [1.82, 2.24) is 10.6 Å². The minimum absolute atomic E-state index is 0.163. The summed E-state index contributed by atoms with van der Waals surface area (Å²) in [5.41, 5.74) is 8.65. The molecule has 64 heavy (non-hydrogen) atoms. The van der Waals surface area contributed by atoms with E-state index in [0.717, 1.165) is 63.8 Å². The molecule has 0 aromatic heterocycles. The normalized spacial score (nSPS) is 12.9. The fraction of sp³-hybridized carbons (Fsp3) is 0.286. The van der Waals surface area contributed by atoms with Gasteiger partial charge in [0.1, 0.15) is 5.58 Å². The van der Waals surface area contributed by atoms with Gasteiger partial charge in [-0.2, -0.15) is 0 Å². The Bertz CT molecular complexity index is 2270. The summed E-state index contributed by atoms with van der Waals surface area (Å²) in [6.45, 7) is 21.8. The lowest BCUT2D eigenvalue weighted by molar-refractivity contribution is 0.682. The number of amidine groups is 2. The number of rotatable bonds is 17. The second kappa shape index (κ2) is 23.4. The summed E-state index contributed by atoms with van der Waals surface area (Å²) in [6.07, 6.45) is 1.78. The predicted octanol–water partition coefficient (Wildman–Crippen LogP) is 13.9. The molecule has 0 bridgehead atoms. The summed E-state index contributed by atoms with van der Waals surface area (Å²) in [6, 6.07) is 56.7. The van der Waals surface area contributed by atoms with Crippen molar-refractivity contribution in [2.75, 3.05) is 0 Å². The monoisotopic (exact) mass is 884 g/mol. The second-order valence-electron chi connectivity index (χ2n) is 17.8. The van der Waals surface area contributed by atoms with Crippen molar-refractivity contribution in [2.45, 2.75) is 94.2 Å². The van der Waals surface area contributed by atoms with Crippen LogP contribution in [0.25, 0.3) is 11.1 Å². The number of hydrogen-bond acceptors (Lipinski definition) is 4. The quantitative estimate of drug-likeness (QED) is 0.0544. The highest BCUT2D eigenvalue weighted by Crippen LogP contribution is 2.42. The van der Waals surface area contributed by atoms with Gasteiger partial charge in [0, 0.05) is 33.6 Å². The first-order valence-electron chi connectivity index (χ1n) is 22.7. The zero-order chi connectivity index (χ0) is 45.6. The molecule has 2 N–H and O–H groups in total. The highest BCUT2D eigenvalue weighted by atomic mass is 31.1. The molecule has 0 aliphatic heterocycles. The standard InChI is InChI=1S/C56H66N6P2/c1-39(2)31-43(9)59-47-33-45(35-49(37-47)61-55(32-40(3)4)63(51-23-15-11-16-24-51)52-25-17-12-18-26-52)46-34-48(60-44(10)57-41(5)6)38-50(36-46)62-56(58-42(7)8)64(53-27-19-13-20-28-53)54-29-21-14-22-30-54/h11-30,33-42H,31-32H2,1-10H3,(H,57,60)(H,58,62). The van der Waals surface area contributed by atoms with Crippen LogP contribution in [0, 0.1) is 11.8 Å². The van der Waals surface area contributed by atoms with Crippen molar-refractivity contribution in [3.05, 3.63) is 158 Å². The Morgan fingerprint density at radius 3 is 1.20 bits per heavy atom. The van der Waals surface area contributed by atoms with E-state index in [1.54, 1.807) is 0 Å². The molecule has 0 radical (unpaired) electrons. The van der Waals surface area contributed by atoms with Crippen molar-refractivity contribution in [2.24, 2.45) is 31.8 Å². The van der Waals surface area contributed by atoms with Gasteiger partial charge >= 0.3 is 0 Å². The third kappa shape index (κ3) is 14.2. The molecule has 330 valence electrons. The van der Waals surface area contributed by atoms with Crippen molar-refractivity contribution in [1.29, 1.82) is 0 Å². The summed E-state index contributed by atoms with van der Waals surface area (Å²) in [4.78, 5) is 21.6. The van der Waals surface area contributed by atoms with Crippen LogP contribution < -0.4 is 31.9 Å². The lowest BCUT2D eigenvalue weighted by atomic mass is 10.0. The van der Waals surface area contributed by atoms with Crippen molar-refractivity contribution < 1.29 is 0 Å². The van der Waals surface area contributed by atoms with E-state index < -0.39 is 15.8 Å². The van der Waals surface area contributed by atoms with E-state index in [0.29, 0.717) is 11.8 Å². The first kappa shape index (κ1) is 47.9. The number of benzene rings is 6. The van der Waals surface area contributed by atoms with E-state index in [2.05, 4.69) is 231 Å². The predicted molar refractivity (Wildman–Crippen MR) is 285 cm³/mol. The third-order valence-corrected chi connectivity index (χ3v) is 14.7. The van der Waals surface area contributed by atoms with Crippen LogP contribution in [-0.2, 0) is 0 Å². The van der Waals surface area contributed by atoms with E-state index in [-0.39, 0.29) is 12.1 Å². The fourth-order valence-corrected chi connectivity index (χ4v) is 12.6. The molecular weight excluding hydrogens is 819 g/mol. The molecule has 0 amide bonds. The molecule has 6 aromatic rings. The van der Waals surface area contributed by atoms with E-state index >= 15 is 0 Å². The summed E-state index contributed by atoms with van der Waals surface area (Å²) in [5.74, 6) is 1.75. The van der Waals surface area contributed by atoms with E-state index in [9.17, 15) is 0 Å². The molecule has 0 aliphatic rings. The first-order chi connectivity index (χ1) is 30.8. The number of hydrogen-bond donors (Lipinski definition) is 2. The van der Waals surface area contributed by atoms with E-state index in [1.807, 2.05) is 6.92 Å². The average molecular weight is 885 g/mol. The molecule has 8 heteroatoms. The Kier molecular flexibility index (Phi) is 17.5. The zero-order valence-electron chi connectivity index (χ0n) is 39.4. The van der Waals surface area contributed by atoms with Crippen LogP contribution in [-0.4, -0.2) is 34.7 Å². The minimum Gasteiger partial charge on any atom is -0.372 e. The Labute approximate surface area is 386 Å². The van der Waals surface area contributed by atoms with Crippen molar-refractivity contribution >= 4 is 82.4 Å². The molecule has 0 unspecified atom stereocenters. The van der Waals surface area contributed by atoms with Gasteiger partial charge in [-0.3, -0.25) is 9.98 Å². The second-order valence-corrected chi connectivity index (χ2v) is 22.1. The van der Waals surface area contributed by atoms with Crippen LogP contribution in [0.5, 0.6) is 0 Å². The molecule has 0 spiro atoms. The molecule has 0 saturated carbocycles. The van der Waals surface area contributed by atoms with Crippen LogP contribution in [0.2, 0.25) is 0 Å². The van der Waals surface area contributed by atoms with Gasteiger partial charge in [-0.25, -0.2) is 9.98 Å². The van der Waals surface area contributed by atoms with Gasteiger partial charge in [0.25, 0.3) is 0 Å². The maximum atomic E-state index is 5.67. The van der Waals surface area contributed by atoms with Crippen LogP contribution in [0.15, 0.2) is 178 Å². The molecule has 0 heterocycles. The SMILES string of the molecule is CC(CC(C)C)=Nc1cc(N=C(CC(C)C)P(c2ccccc2)c2ccccc2)cc(-c2cc(N=C(C)NC(C)C)cc(N=C(NC(C)C)P(c3ccccc3)c3ccccc3)c2)c1. The average Bonchev–Trinajstić information content (AvgIpc) is 3.24. The first-order valence-corrected chi connectivity index (χ1v) is 25.4. The molecule has 6 nitrogen and oxygen atoms in total. The number of nitrogens with one attached hydrogen (secondary N) is 2. The van der Waals surface area contributed by atoms with E-state index in [1.165, 1.54) is 26.7 Å². The van der Waals surface area contributed by atoms with Crippen molar-refractivity contribution in [3.8, 4) is 11.1 Å². The van der Waals surface area contributed by atoms with Gasteiger partial charge in [-0.05, 0) is 135 Å². The van der Waals surface area contributed by atoms with Crippen molar-refractivity contribution in [3.63, 3.8) is 0 Å². The fourth-order valence-electron chi connectivity index (χ4n) is 7.66. The largest absolute Gasteiger partial charge is 0.372 e. The van der Waals surface area contributed by atoms with Gasteiger partial charge < -0.3 is 10.6 Å². The molecule has 6 aromatic carbocycles. The number of nitrogens with zero attached hydrogens (tertiary/aromatic N) is 4. The number of aliphatic imine (C=N–C) groups is 4. The van der Waals surface area contributed by atoms with Gasteiger partial charge in [0.15, 0.2) is 0 Å². The Morgan fingerprint density at radius 2 is 0.797 bits per heavy atom. The maximum Gasteiger partial charge on any atom is 0.134 e. The molecule has 0 atom stereocenters. The third-order valence-electron chi connectivity index (χ3n) is 9.99. The summed E-state index contributed by atoms with van der Waals surface area (Å²) in [7, 11) is -1.90. The summed E-state index contributed by atoms with van der Waals surface area (Å²) in [5, 5.41) is 12.3. The van der Waals surface area contributed by atoms with Gasteiger partial charge in [-0.1, -0.05) is 149 Å². The highest BCUT2D eigenvalue weighted by Gasteiger charge is 2.24. The van der Waals surface area contributed by atoms with Crippen LogP contribution in [0.3, 0.4) is 0 Å². The van der Waals surface area contributed by atoms with Crippen LogP contribution in [0.1, 0.15) is 82.1 Å². The van der Waals surface area contributed by atoms with Crippen LogP contribution >= 0.6 is 15.8 Å². The Hall–Kier alpha value is -5.54. The van der Waals surface area contributed by atoms with Gasteiger partial charge in [0.2, 0.25) is 0 Å². The summed E-state index contributed by atoms with van der Waals surface area (Å²) < 4.78 is 0. The lowest BCUT2D eigenvalue weighted by Crippen LogP contribution is -2.34. The zero-order valence-corrected chi connectivity index (χ0v) is 41.2. The highest BCUT2D eigenvalue weighted by molar-refractivity contribution is 7.88. The minimum atomic E-state index is -1.01. The lowest BCUT2D eigenvalue weighted by Gasteiger charge is -2.24. The van der Waals surface area contributed by atoms with Crippen LogP contribution in [0.4, 0.5) is 22.7 Å². The molecule has 0 saturated heterocycles. The molecule has 6 rings (SSSR count). The maximum absolute atomic E-state index is 5.67. The topological polar surface area (TPSA) is 73.5 Å².